The van der Waals surface area contributed by atoms with Gasteiger partial charge in [-0.05, 0) is 51.3 Å². The Morgan fingerprint density at radius 3 is 2.44 bits per heavy atom. The van der Waals surface area contributed by atoms with Gasteiger partial charge in [0.25, 0.3) is 0 Å². The minimum Gasteiger partial charge on any atom is -0.311 e. The van der Waals surface area contributed by atoms with Gasteiger partial charge in [-0.15, -0.1) is 0 Å². The van der Waals surface area contributed by atoms with E-state index in [0.717, 1.165) is 17.3 Å². The molecular weight excluding hydrogens is 240 g/mol. The fraction of sp³-hybridized carbons (Fsp3) is 1.00. The van der Waals surface area contributed by atoms with Gasteiger partial charge in [-0.25, -0.2) is 0 Å². The van der Waals surface area contributed by atoms with Crippen LogP contribution in [0.1, 0.15) is 52.4 Å². The van der Waals surface area contributed by atoms with Gasteiger partial charge in [0.05, 0.1) is 0 Å². The summed E-state index contributed by atoms with van der Waals surface area (Å²) in [4.78, 5) is 2.78. The van der Waals surface area contributed by atoms with Crippen LogP contribution in [0.4, 0.5) is 0 Å². The molecule has 1 saturated heterocycles. The number of piperidine rings is 1. The lowest BCUT2D eigenvalue weighted by atomic mass is 9.91. The monoisotopic (exact) mass is 270 g/mol. The third-order valence-electron chi connectivity index (χ3n) is 4.52. The van der Waals surface area contributed by atoms with E-state index in [2.05, 4.69) is 42.1 Å². The molecule has 1 saturated carbocycles. The summed E-state index contributed by atoms with van der Waals surface area (Å²) in [6.45, 7) is 7.16. The highest BCUT2D eigenvalue weighted by Gasteiger charge is 2.29. The first kappa shape index (κ1) is 14.7. The predicted octanol–water partition coefficient (Wildman–Crippen LogP) is 3.12. The molecule has 0 bridgehead atoms. The van der Waals surface area contributed by atoms with Gasteiger partial charge >= 0.3 is 0 Å². The molecule has 2 nitrogen and oxygen atoms in total. The minimum atomic E-state index is 0.627. The molecule has 0 radical (unpaired) electrons. The van der Waals surface area contributed by atoms with Crippen LogP contribution in [-0.4, -0.2) is 47.6 Å². The third-order valence-corrected chi connectivity index (χ3v) is 5.65. The number of nitrogens with zero attached hydrogens (tertiary/aromatic N) is 1. The van der Waals surface area contributed by atoms with Gasteiger partial charge < -0.3 is 5.32 Å². The summed E-state index contributed by atoms with van der Waals surface area (Å²) in [7, 11) is 0. The number of rotatable bonds is 4. The second-order valence-electron chi connectivity index (χ2n) is 6.32. The van der Waals surface area contributed by atoms with Crippen molar-refractivity contribution in [3.8, 4) is 0 Å². The number of thioether (sulfide) groups is 1. The lowest BCUT2D eigenvalue weighted by molar-refractivity contribution is 0.109. The molecule has 0 aromatic heterocycles. The number of likely N-dealkylation sites (tertiary alicyclic amines) is 1. The van der Waals surface area contributed by atoms with E-state index in [1.807, 2.05) is 0 Å². The van der Waals surface area contributed by atoms with Crippen LogP contribution in [0.5, 0.6) is 0 Å². The van der Waals surface area contributed by atoms with Crippen LogP contribution in [0, 0.1) is 0 Å². The zero-order valence-corrected chi connectivity index (χ0v) is 13.1. The standard InChI is InChI=1S/C15H30N2S/c1-12(2)16-13-5-4-10-17(11-13)14-6-8-15(18-3)9-7-14/h12-16H,4-11H2,1-3H3. The van der Waals surface area contributed by atoms with Gasteiger partial charge in [0.1, 0.15) is 0 Å². The van der Waals surface area contributed by atoms with Gasteiger partial charge in [0, 0.05) is 29.9 Å². The number of hydrogen-bond acceptors (Lipinski definition) is 3. The maximum atomic E-state index is 3.72. The summed E-state index contributed by atoms with van der Waals surface area (Å²) in [5.74, 6) is 0. The van der Waals surface area contributed by atoms with E-state index in [9.17, 15) is 0 Å². The first-order valence-electron chi connectivity index (χ1n) is 7.72. The molecule has 1 aliphatic carbocycles. The topological polar surface area (TPSA) is 15.3 Å². The van der Waals surface area contributed by atoms with Crippen molar-refractivity contribution in [2.45, 2.75) is 75.7 Å². The molecule has 0 aromatic carbocycles. The average Bonchev–Trinajstić information content (AvgIpc) is 2.38. The van der Waals surface area contributed by atoms with Crippen LogP contribution in [0.25, 0.3) is 0 Å². The zero-order valence-electron chi connectivity index (χ0n) is 12.3. The maximum absolute atomic E-state index is 3.72. The quantitative estimate of drug-likeness (QED) is 0.845. The molecule has 2 rings (SSSR count). The van der Waals surface area contributed by atoms with Crippen molar-refractivity contribution in [1.82, 2.24) is 10.2 Å². The molecule has 1 N–H and O–H groups in total. The fourth-order valence-electron chi connectivity index (χ4n) is 3.59. The molecule has 106 valence electrons. The average molecular weight is 270 g/mol. The predicted molar refractivity (Wildman–Crippen MR) is 82.4 cm³/mol. The number of nitrogens with one attached hydrogen (secondary N) is 1. The van der Waals surface area contributed by atoms with Gasteiger partial charge in [-0.2, -0.15) is 11.8 Å². The van der Waals surface area contributed by atoms with Crippen molar-refractivity contribution in [1.29, 1.82) is 0 Å². The van der Waals surface area contributed by atoms with Crippen LogP contribution >= 0.6 is 11.8 Å². The van der Waals surface area contributed by atoms with Crippen LogP contribution in [0.3, 0.4) is 0 Å². The van der Waals surface area contributed by atoms with E-state index in [4.69, 9.17) is 0 Å². The largest absolute Gasteiger partial charge is 0.311 e. The molecule has 18 heavy (non-hydrogen) atoms. The van der Waals surface area contributed by atoms with Gasteiger partial charge in [-0.3, -0.25) is 4.90 Å². The van der Waals surface area contributed by atoms with Crippen LogP contribution in [0.15, 0.2) is 0 Å². The van der Waals surface area contributed by atoms with Crippen LogP contribution < -0.4 is 5.32 Å². The summed E-state index contributed by atoms with van der Waals surface area (Å²) in [6, 6.07) is 2.24. The van der Waals surface area contributed by atoms with Crippen molar-refractivity contribution in [3.63, 3.8) is 0 Å². The summed E-state index contributed by atoms with van der Waals surface area (Å²) in [5.41, 5.74) is 0. The highest BCUT2D eigenvalue weighted by Crippen LogP contribution is 2.30. The molecule has 2 aliphatic rings. The third kappa shape index (κ3) is 4.14. The Kier molecular flexibility index (Phi) is 5.84. The molecule has 1 heterocycles. The molecule has 0 spiro atoms. The first-order valence-corrected chi connectivity index (χ1v) is 9.00. The molecule has 0 aromatic rings. The zero-order chi connectivity index (χ0) is 13.0. The highest BCUT2D eigenvalue weighted by molar-refractivity contribution is 7.99. The van der Waals surface area contributed by atoms with Gasteiger partial charge in [-0.1, -0.05) is 13.8 Å². The van der Waals surface area contributed by atoms with Crippen molar-refractivity contribution in [3.05, 3.63) is 0 Å². The maximum Gasteiger partial charge on any atom is 0.0197 e. The highest BCUT2D eigenvalue weighted by atomic mass is 32.2. The summed E-state index contributed by atoms with van der Waals surface area (Å²) < 4.78 is 0. The minimum absolute atomic E-state index is 0.627. The number of hydrogen-bond donors (Lipinski definition) is 1. The fourth-order valence-corrected chi connectivity index (χ4v) is 4.34. The Labute approximate surface area is 117 Å². The van der Waals surface area contributed by atoms with Gasteiger partial charge in [0.15, 0.2) is 0 Å². The Morgan fingerprint density at radius 1 is 1.11 bits per heavy atom. The van der Waals surface area contributed by atoms with Crippen molar-refractivity contribution >= 4 is 11.8 Å². The SMILES string of the molecule is CSC1CCC(N2CCCC(NC(C)C)C2)CC1. The van der Waals surface area contributed by atoms with Crippen LogP contribution in [0.2, 0.25) is 0 Å². The van der Waals surface area contributed by atoms with E-state index < -0.39 is 0 Å². The molecule has 2 fully saturated rings. The Balaban J connectivity index is 1.78. The van der Waals surface area contributed by atoms with E-state index in [-0.39, 0.29) is 0 Å². The molecule has 1 aliphatic heterocycles. The lowest BCUT2D eigenvalue weighted by Gasteiger charge is -2.41. The molecule has 0 amide bonds. The van der Waals surface area contributed by atoms with Crippen molar-refractivity contribution < 1.29 is 0 Å². The molecule has 1 atom stereocenters. The van der Waals surface area contributed by atoms with E-state index in [1.165, 1.54) is 51.6 Å². The Bertz CT molecular complexity index is 237. The van der Waals surface area contributed by atoms with E-state index >= 15 is 0 Å². The van der Waals surface area contributed by atoms with Crippen LogP contribution in [-0.2, 0) is 0 Å². The lowest BCUT2D eigenvalue weighted by Crippen LogP contribution is -2.51. The molecule has 1 unspecified atom stereocenters. The van der Waals surface area contributed by atoms with Gasteiger partial charge in [0.2, 0.25) is 0 Å². The molecule has 3 heteroatoms. The van der Waals surface area contributed by atoms with Crippen molar-refractivity contribution in [2.75, 3.05) is 19.3 Å². The summed E-state index contributed by atoms with van der Waals surface area (Å²) in [5, 5.41) is 4.67. The van der Waals surface area contributed by atoms with E-state index in [1.54, 1.807) is 0 Å². The summed E-state index contributed by atoms with van der Waals surface area (Å²) in [6.07, 6.45) is 10.8. The summed E-state index contributed by atoms with van der Waals surface area (Å²) >= 11 is 2.07. The second kappa shape index (κ2) is 7.16. The van der Waals surface area contributed by atoms with E-state index in [0.29, 0.717) is 6.04 Å². The normalized spacial score (nSPS) is 35.0. The first-order chi connectivity index (χ1) is 8.69. The Hall–Kier alpha value is 0.270. The smallest absolute Gasteiger partial charge is 0.0197 e. The van der Waals surface area contributed by atoms with Crippen molar-refractivity contribution in [2.24, 2.45) is 0 Å². The Morgan fingerprint density at radius 2 is 1.83 bits per heavy atom. The molecular formula is C15H30N2S. The second-order valence-corrected chi connectivity index (χ2v) is 7.46.